The highest BCUT2D eigenvalue weighted by Gasteiger charge is 2.04. The predicted molar refractivity (Wildman–Crippen MR) is 76.6 cm³/mol. The lowest BCUT2D eigenvalue weighted by atomic mass is 10.2. The van der Waals surface area contributed by atoms with Crippen LogP contribution in [0.15, 0.2) is 42.5 Å². The molecule has 0 bridgehead atoms. The summed E-state index contributed by atoms with van der Waals surface area (Å²) in [4.78, 5) is 0. The van der Waals surface area contributed by atoms with Crippen molar-refractivity contribution in [3.63, 3.8) is 0 Å². The van der Waals surface area contributed by atoms with Crippen LogP contribution < -0.4 is 4.74 Å². The van der Waals surface area contributed by atoms with Crippen LogP contribution >= 0.6 is 23.2 Å². The van der Waals surface area contributed by atoms with Crippen molar-refractivity contribution in [2.75, 3.05) is 0 Å². The molecule has 0 atom stereocenters. The van der Waals surface area contributed by atoms with E-state index in [1.807, 2.05) is 24.3 Å². The third kappa shape index (κ3) is 3.18. The molecule has 0 N–H and O–H groups in total. The van der Waals surface area contributed by atoms with Crippen molar-refractivity contribution in [2.24, 2.45) is 0 Å². The van der Waals surface area contributed by atoms with Crippen LogP contribution in [0.3, 0.4) is 0 Å². The largest absolute Gasteiger partial charge is 0.489 e. The van der Waals surface area contributed by atoms with Gasteiger partial charge in [-0.2, -0.15) is 0 Å². The van der Waals surface area contributed by atoms with E-state index in [-0.39, 0.29) is 0 Å². The number of halogens is 2. The standard InChI is InChI=1S/C15H14Cl2O/c1-2-11-6-8-13(9-7-11)18-10-12-4-3-5-14(16)15(12)17/h3-9H,2,10H2,1H3. The molecule has 2 aromatic carbocycles. The summed E-state index contributed by atoms with van der Waals surface area (Å²) < 4.78 is 5.68. The summed E-state index contributed by atoms with van der Waals surface area (Å²) in [5, 5.41) is 1.11. The van der Waals surface area contributed by atoms with E-state index in [1.54, 1.807) is 6.07 Å². The Labute approximate surface area is 117 Å². The molecule has 0 aliphatic heterocycles. The smallest absolute Gasteiger partial charge is 0.119 e. The lowest BCUT2D eigenvalue weighted by molar-refractivity contribution is 0.306. The molecule has 0 aromatic heterocycles. The lowest BCUT2D eigenvalue weighted by Crippen LogP contribution is -1.96. The van der Waals surface area contributed by atoms with E-state index in [0.29, 0.717) is 16.7 Å². The Kier molecular flexibility index (Phi) is 4.51. The molecule has 2 aromatic rings. The van der Waals surface area contributed by atoms with Crippen molar-refractivity contribution < 1.29 is 4.74 Å². The molecule has 3 heteroatoms. The van der Waals surface area contributed by atoms with Gasteiger partial charge in [0.1, 0.15) is 12.4 Å². The molecule has 0 spiro atoms. The summed E-state index contributed by atoms with van der Waals surface area (Å²) in [6, 6.07) is 13.6. The Bertz CT molecular complexity index is 521. The van der Waals surface area contributed by atoms with E-state index in [0.717, 1.165) is 17.7 Å². The second-order valence-corrected chi connectivity index (χ2v) is 4.78. The van der Waals surface area contributed by atoms with Crippen LogP contribution in [0.5, 0.6) is 5.75 Å². The van der Waals surface area contributed by atoms with Gasteiger partial charge in [-0.15, -0.1) is 0 Å². The van der Waals surface area contributed by atoms with Crippen molar-refractivity contribution in [3.05, 3.63) is 63.6 Å². The third-order valence-electron chi connectivity index (χ3n) is 2.76. The quantitative estimate of drug-likeness (QED) is 0.754. The first-order chi connectivity index (χ1) is 8.70. The molecule has 0 heterocycles. The fraction of sp³-hybridized carbons (Fsp3) is 0.200. The number of aryl methyl sites for hydroxylation is 1. The first-order valence-corrected chi connectivity index (χ1v) is 6.61. The van der Waals surface area contributed by atoms with Gasteiger partial charge >= 0.3 is 0 Å². The molecule has 0 saturated heterocycles. The van der Waals surface area contributed by atoms with Crippen LogP contribution in [0.1, 0.15) is 18.1 Å². The maximum atomic E-state index is 6.10. The Morgan fingerprint density at radius 2 is 1.72 bits per heavy atom. The summed E-state index contributed by atoms with van der Waals surface area (Å²) in [6.07, 6.45) is 1.03. The second kappa shape index (κ2) is 6.12. The molecular formula is C15H14Cl2O. The van der Waals surface area contributed by atoms with Gasteiger partial charge in [-0.3, -0.25) is 0 Å². The average molecular weight is 281 g/mol. The van der Waals surface area contributed by atoms with Crippen LogP contribution in [0, 0.1) is 0 Å². The van der Waals surface area contributed by atoms with Crippen molar-refractivity contribution in [1.82, 2.24) is 0 Å². The monoisotopic (exact) mass is 280 g/mol. The minimum absolute atomic E-state index is 0.421. The number of hydrogen-bond acceptors (Lipinski definition) is 1. The van der Waals surface area contributed by atoms with Crippen LogP contribution in [-0.2, 0) is 13.0 Å². The fourth-order valence-electron chi connectivity index (χ4n) is 1.64. The Balaban J connectivity index is 2.04. The lowest BCUT2D eigenvalue weighted by Gasteiger charge is -2.09. The highest BCUT2D eigenvalue weighted by Crippen LogP contribution is 2.26. The van der Waals surface area contributed by atoms with E-state index >= 15 is 0 Å². The molecular weight excluding hydrogens is 267 g/mol. The fourth-order valence-corrected chi connectivity index (χ4v) is 2.02. The molecule has 0 fully saturated rings. The highest BCUT2D eigenvalue weighted by atomic mass is 35.5. The van der Waals surface area contributed by atoms with Gasteiger partial charge in [0.25, 0.3) is 0 Å². The maximum absolute atomic E-state index is 6.10. The second-order valence-electron chi connectivity index (χ2n) is 4.00. The van der Waals surface area contributed by atoms with Gasteiger partial charge in [-0.25, -0.2) is 0 Å². The molecule has 1 nitrogen and oxygen atoms in total. The zero-order chi connectivity index (χ0) is 13.0. The SMILES string of the molecule is CCc1ccc(OCc2cccc(Cl)c2Cl)cc1. The number of hydrogen-bond donors (Lipinski definition) is 0. The third-order valence-corrected chi connectivity index (χ3v) is 3.62. The van der Waals surface area contributed by atoms with E-state index in [4.69, 9.17) is 27.9 Å². The number of ether oxygens (including phenoxy) is 1. The summed E-state index contributed by atoms with van der Waals surface area (Å²) in [6.45, 7) is 2.55. The first-order valence-electron chi connectivity index (χ1n) is 5.85. The minimum Gasteiger partial charge on any atom is -0.489 e. The molecule has 0 radical (unpaired) electrons. The molecule has 0 amide bonds. The minimum atomic E-state index is 0.421. The van der Waals surface area contributed by atoms with Crippen LogP contribution in [0.25, 0.3) is 0 Å². The van der Waals surface area contributed by atoms with Gasteiger partial charge in [0.15, 0.2) is 0 Å². The van der Waals surface area contributed by atoms with Gasteiger partial charge in [0.05, 0.1) is 10.0 Å². The van der Waals surface area contributed by atoms with Gasteiger partial charge in [-0.1, -0.05) is 54.4 Å². The van der Waals surface area contributed by atoms with Crippen molar-refractivity contribution in [1.29, 1.82) is 0 Å². The van der Waals surface area contributed by atoms with Crippen LogP contribution in [0.4, 0.5) is 0 Å². The van der Waals surface area contributed by atoms with E-state index < -0.39 is 0 Å². The first kappa shape index (κ1) is 13.3. The molecule has 2 rings (SSSR count). The normalized spacial score (nSPS) is 10.4. The molecule has 94 valence electrons. The molecule has 0 saturated carbocycles. The Morgan fingerprint density at radius 1 is 1.00 bits per heavy atom. The van der Waals surface area contributed by atoms with Gasteiger partial charge < -0.3 is 4.74 Å². The summed E-state index contributed by atoms with van der Waals surface area (Å²) in [7, 11) is 0. The maximum Gasteiger partial charge on any atom is 0.119 e. The molecule has 0 aliphatic rings. The number of benzene rings is 2. The van der Waals surface area contributed by atoms with E-state index in [2.05, 4.69) is 19.1 Å². The molecule has 18 heavy (non-hydrogen) atoms. The molecule has 0 aliphatic carbocycles. The zero-order valence-corrected chi connectivity index (χ0v) is 11.6. The Morgan fingerprint density at radius 3 is 2.39 bits per heavy atom. The van der Waals surface area contributed by atoms with Crippen molar-refractivity contribution >= 4 is 23.2 Å². The van der Waals surface area contributed by atoms with E-state index in [9.17, 15) is 0 Å². The average Bonchev–Trinajstić information content (AvgIpc) is 2.41. The summed E-state index contributed by atoms with van der Waals surface area (Å²) >= 11 is 12.0. The Hall–Kier alpha value is -1.18. The molecule has 0 unspecified atom stereocenters. The van der Waals surface area contributed by atoms with Gasteiger partial charge in [-0.05, 0) is 30.2 Å². The summed E-state index contributed by atoms with van der Waals surface area (Å²) in [5.74, 6) is 0.836. The highest BCUT2D eigenvalue weighted by molar-refractivity contribution is 6.42. The van der Waals surface area contributed by atoms with Crippen LogP contribution in [0.2, 0.25) is 10.0 Å². The van der Waals surface area contributed by atoms with Crippen LogP contribution in [-0.4, -0.2) is 0 Å². The van der Waals surface area contributed by atoms with Gasteiger partial charge in [0.2, 0.25) is 0 Å². The van der Waals surface area contributed by atoms with E-state index in [1.165, 1.54) is 5.56 Å². The predicted octanol–water partition coefficient (Wildman–Crippen LogP) is 5.13. The van der Waals surface area contributed by atoms with Crippen molar-refractivity contribution in [3.8, 4) is 5.75 Å². The zero-order valence-electron chi connectivity index (χ0n) is 10.1. The summed E-state index contributed by atoms with van der Waals surface area (Å²) in [5.41, 5.74) is 2.19. The topological polar surface area (TPSA) is 9.23 Å². The van der Waals surface area contributed by atoms with Gasteiger partial charge in [0, 0.05) is 5.56 Å². The number of rotatable bonds is 4. The van der Waals surface area contributed by atoms with Crippen molar-refractivity contribution in [2.45, 2.75) is 20.0 Å².